The number of pyridine rings is 2. The van der Waals surface area contributed by atoms with Gasteiger partial charge in [0.15, 0.2) is 9.84 Å². The number of para-hydroxylation sites is 1. The molecule has 0 radical (unpaired) electrons. The van der Waals surface area contributed by atoms with E-state index >= 15 is 0 Å². The van der Waals surface area contributed by atoms with E-state index in [2.05, 4.69) is 9.97 Å². The maximum Gasteiger partial charge on any atom is 0.496 e. The molecule has 0 aliphatic carbocycles. The Bertz CT molecular complexity index is 1230. The zero-order valence-electron chi connectivity index (χ0n) is 18.2. The van der Waals surface area contributed by atoms with Gasteiger partial charge in [-0.1, -0.05) is 18.2 Å². The highest BCUT2D eigenvalue weighted by Gasteiger charge is 2.52. The minimum atomic E-state index is -3.77. The Hall–Kier alpha value is -2.49. The number of fused-ring (bicyclic) bond motifs is 1. The molecule has 162 valence electrons. The molecule has 0 N–H and O–H groups in total. The first-order valence-corrected chi connectivity index (χ1v) is 11.6. The Labute approximate surface area is 182 Å². The molecule has 0 unspecified atom stereocenters. The molecule has 9 heteroatoms. The third-order valence-electron chi connectivity index (χ3n) is 5.90. The monoisotopic (exact) mass is 440 g/mol. The van der Waals surface area contributed by atoms with E-state index in [0.29, 0.717) is 11.0 Å². The first kappa shape index (κ1) is 21.7. The number of methoxy groups -OCH3 is 1. The molecule has 2 aromatic heterocycles. The maximum absolute atomic E-state index is 13.3. The van der Waals surface area contributed by atoms with Gasteiger partial charge in [0.05, 0.1) is 29.6 Å². The number of sulfone groups is 1. The number of hydrogen-bond acceptors (Lipinski definition) is 7. The Morgan fingerprint density at radius 2 is 1.68 bits per heavy atom. The van der Waals surface area contributed by atoms with Crippen LogP contribution in [0.4, 0.5) is 0 Å². The van der Waals surface area contributed by atoms with Crippen LogP contribution in [0.1, 0.15) is 33.3 Å². The number of nitrogens with zero attached hydrogens (tertiary/aromatic N) is 2. The van der Waals surface area contributed by atoms with E-state index in [1.165, 1.54) is 19.4 Å². The van der Waals surface area contributed by atoms with Crippen molar-refractivity contribution in [2.45, 2.75) is 49.5 Å². The van der Waals surface area contributed by atoms with E-state index in [0.717, 1.165) is 10.9 Å². The average molecular weight is 440 g/mol. The first-order valence-electron chi connectivity index (χ1n) is 9.98. The van der Waals surface area contributed by atoms with Gasteiger partial charge in [-0.05, 0) is 51.5 Å². The van der Waals surface area contributed by atoms with Crippen LogP contribution >= 0.6 is 0 Å². The molecule has 1 saturated heterocycles. The van der Waals surface area contributed by atoms with Crippen molar-refractivity contribution in [2.75, 3.05) is 7.11 Å². The van der Waals surface area contributed by atoms with E-state index in [1.54, 1.807) is 6.20 Å². The molecule has 0 saturated carbocycles. The molecular formula is C22H25BN2O5S. The smallest absolute Gasteiger partial charge is 0.480 e. The van der Waals surface area contributed by atoms with Crippen molar-refractivity contribution >= 4 is 33.3 Å². The quantitative estimate of drug-likeness (QED) is 0.564. The van der Waals surface area contributed by atoms with Crippen LogP contribution in [0.5, 0.6) is 5.88 Å². The summed E-state index contributed by atoms with van der Waals surface area (Å²) in [6, 6.07) is 10.9. The van der Waals surface area contributed by atoms with Crippen molar-refractivity contribution in [3.05, 3.63) is 54.4 Å². The van der Waals surface area contributed by atoms with Crippen molar-refractivity contribution in [1.29, 1.82) is 0 Å². The number of benzene rings is 1. The Balaban J connectivity index is 1.69. The molecule has 3 aromatic rings. The zero-order chi connectivity index (χ0) is 22.4. The topological polar surface area (TPSA) is 87.6 Å². The summed E-state index contributed by atoms with van der Waals surface area (Å²) in [5.74, 6) is -0.190. The van der Waals surface area contributed by atoms with E-state index in [1.807, 2.05) is 58.0 Å². The molecule has 0 bridgehead atoms. The summed E-state index contributed by atoms with van der Waals surface area (Å²) in [7, 11) is -3.10. The van der Waals surface area contributed by atoms with Crippen LogP contribution in [-0.2, 0) is 24.9 Å². The fourth-order valence-electron chi connectivity index (χ4n) is 3.42. The summed E-state index contributed by atoms with van der Waals surface area (Å²) >= 11 is 0. The van der Waals surface area contributed by atoms with Crippen LogP contribution in [0.25, 0.3) is 10.9 Å². The average Bonchev–Trinajstić information content (AvgIpc) is 2.94. The normalized spacial score (nSPS) is 17.8. The molecule has 0 amide bonds. The molecule has 1 aliphatic rings. The highest BCUT2D eigenvalue weighted by molar-refractivity contribution is 7.90. The van der Waals surface area contributed by atoms with Gasteiger partial charge in [0.1, 0.15) is 4.90 Å². The van der Waals surface area contributed by atoms with E-state index < -0.39 is 28.2 Å². The Kier molecular flexibility index (Phi) is 5.32. The molecule has 1 fully saturated rings. The fourth-order valence-corrected chi connectivity index (χ4v) is 4.89. The van der Waals surface area contributed by atoms with Gasteiger partial charge < -0.3 is 14.0 Å². The molecule has 0 atom stereocenters. The maximum atomic E-state index is 13.3. The molecule has 0 spiro atoms. The van der Waals surface area contributed by atoms with Gasteiger partial charge in [-0.15, -0.1) is 0 Å². The molecule has 1 aromatic carbocycles. The molecular weight excluding hydrogens is 415 g/mol. The van der Waals surface area contributed by atoms with E-state index in [4.69, 9.17) is 14.0 Å². The Morgan fingerprint density at radius 3 is 2.35 bits per heavy atom. The summed E-state index contributed by atoms with van der Waals surface area (Å²) < 4.78 is 44.0. The largest absolute Gasteiger partial charge is 0.496 e. The molecule has 7 nitrogen and oxygen atoms in total. The van der Waals surface area contributed by atoms with Gasteiger partial charge >= 0.3 is 7.12 Å². The lowest BCUT2D eigenvalue weighted by molar-refractivity contribution is 0.00578. The van der Waals surface area contributed by atoms with Crippen LogP contribution in [0.3, 0.4) is 0 Å². The van der Waals surface area contributed by atoms with Crippen LogP contribution < -0.4 is 10.2 Å². The van der Waals surface area contributed by atoms with Gasteiger partial charge in [0, 0.05) is 23.2 Å². The minimum absolute atomic E-state index is 0.00429. The molecule has 1 aliphatic heterocycles. The van der Waals surface area contributed by atoms with Crippen molar-refractivity contribution < 1.29 is 22.5 Å². The van der Waals surface area contributed by atoms with Crippen LogP contribution in [0, 0.1) is 0 Å². The van der Waals surface area contributed by atoms with E-state index in [-0.39, 0.29) is 16.5 Å². The highest BCUT2D eigenvalue weighted by Crippen LogP contribution is 2.37. The number of ether oxygens (including phenoxy) is 1. The van der Waals surface area contributed by atoms with Gasteiger partial charge in [0.25, 0.3) is 0 Å². The summed E-state index contributed by atoms with van der Waals surface area (Å²) in [4.78, 5) is 8.58. The Morgan fingerprint density at radius 1 is 1.00 bits per heavy atom. The predicted molar refractivity (Wildman–Crippen MR) is 119 cm³/mol. The molecule has 4 rings (SSSR count). The second-order valence-electron chi connectivity index (χ2n) is 8.66. The van der Waals surface area contributed by atoms with Crippen molar-refractivity contribution in [2.24, 2.45) is 0 Å². The number of hydrogen-bond donors (Lipinski definition) is 0. The summed E-state index contributed by atoms with van der Waals surface area (Å²) in [5.41, 5.74) is 0.822. The zero-order valence-corrected chi connectivity index (χ0v) is 19.1. The molecule has 31 heavy (non-hydrogen) atoms. The van der Waals surface area contributed by atoms with Gasteiger partial charge in [-0.2, -0.15) is 0 Å². The highest BCUT2D eigenvalue weighted by atomic mass is 32.2. The van der Waals surface area contributed by atoms with Gasteiger partial charge in [0.2, 0.25) is 5.88 Å². The number of aromatic nitrogens is 2. The van der Waals surface area contributed by atoms with Crippen LogP contribution in [0.2, 0.25) is 0 Å². The SMILES string of the molecule is COc1ncc(B2OC(C)(C)C(C)(C)O2)cc1S(=O)(=O)Cc1cnc2ccccc2c1. The van der Waals surface area contributed by atoms with Crippen molar-refractivity contribution in [3.63, 3.8) is 0 Å². The van der Waals surface area contributed by atoms with Gasteiger partial charge in [-0.3, -0.25) is 4.98 Å². The third-order valence-corrected chi connectivity index (χ3v) is 7.57. The standard InChI is InChI=1S/C22H25BN2O5S/c1-21(2)22(3,4)30-23(29-21)17-11-19(20(28-5)25-13-17)31(26,27)14-15-10-16-8-6-7-9-18(16)24-12-15/h6-13H,14H2,1-5H3. The van der Waals surface area contributed by atoms with Crippen molar-refractivity contribution in [3.8, 4) is 5.88 Å². The van der Waals surface area contributed by atoms with Gasteiger partial charge in [-0.25, -0.2) is 13.4 Å². The van der Waals surface area contributed by atoms with Crippen LogP contribution in [-0.4, -0.2) is 43.8 Å². The summed E-state index contributed by atoms with van der Waals surface area (Å²) in [6.45, 7) is 7.76. The second-order valence-corrected chi connectivity index (χ2v) is 10.6. The van der Waals surface area contributed by atoms with Crippen LogP contribution in [0.15, 0.2) is 53.7 Å². The second kappa shape index (κ2) is 7.58. The molecule has 3 heterocycles. The minimum Gasteiger partial charge on any atom is -0.480 e. The first-order chi connectivity index (χ1) is 14.5. The lowest BCUT2D eigenvalue weighted by Crippen LogP contribution is -2.41. The fraction of sp³-hybridized carbons (Fsp3) is 0.364. The number of rotatable bonds is 5. The lowest BCUT2D eigenvalue weighted by atomic mass is 9.80. The lowest BCUT2D eigenvalue weighted by Gasteiger charge is -2.32. The summed E-state index contributed by atoms with van der Waals surface area (Å²) in [5, 5.41) is 0.881. The van der Waals surface area contributed by atoms with E-state index in [9.17, 15) is 8.42 Å². The third kappa shape index (κ3) is 4.05. The summed E-state index contributed by atoms with van der Waals surface area (Å²) in [6.07, 6.45) is 3.11. The predicted octanol–water partition coefficient (Wildman–Crippen LogP) is 2.91. The van der Waals surface area contributed by atoms with Crippen molar-refractivity contribution in [1.82, 2.24) is 9.97 Å².